The molecular formula is C76H64N2. The molecule has 11 aromatic carbocycles. The second-order valence-corrected chi connectivity index (χ2v) is 21.6. The van der Waals surface area contributed by atoms with Crippen LogP contribution >= 0.6 is 0 Å². The summed E-state index contributed by atoms with van der Waals surface area (Å²) < 4.78 is 0. The summed E-state index contributed by atoms with van der Waals surface area (Å²) in [5, 5.41) is 0. The van der Waals surface area contributed by atoms with Crippen molar-refractivity contribution in [2.24, 2.45) is 0 Å². The monoisotopic (exact) mass is 1000 g/mol. The zero-order valence-electron chi connectivity index (χ0n) is 45.3. The fraction of sp³-hybridized carbons (Fsp3) is 0.132. The van der Waals surface area contributed by atoms with Gasteiger partial charge in [-0.05, 0) is 206 Å². The van der Waals surface area contributed by atoms with Crippen molar-refractivity contribution in [3.8, 4) is 55.6 Å². The summed E-state index contributed by atoms with van der Waals surface area (Å²) in [5.74, 6) is 0.527. The molecule has 0 heterocycles. The molecule has 2 aliphatic rings. The fourth-order valence-corrected chi connectivity index (χ4v) is 12.7. The third-order valence-electron chi connectivity index (χ3n) is 16.9. The molecule has 78 heavy (non-hydrogen) atoms. The Morgan fingerprint density at radius 2 is 0.744 bits per heavy atom. The van der Waals surface area contributed by atoms with Crippen LogP contribution in [0.2, 0.25) is 0 Å². The molecular weight excluding hydrogens is 941 g/mol. The van der Waals surface area contributed by atoms with Crippen molar-refractivity contribution in [2.75, 3.05) is 9.80 Å². The molecule has 0 saturated carbocycles. The van der Waals surface area contributed by atoms with Gasteiger partial charge in [-0.15, -0.1) is 0 Å². The molecule has 0 amide bonds. The van der Waals surface area contributed by atoms with E-state index >= 15 is 0 Å². The van der Waals surface area contributed by atoms with Crippen LogP contribution in [0.25, 0.3) is 55.6 Å². The van der Waals surface area contributed by atoms with Crippen molar-refractivity contribution in [2.45, 2.75) is 65.2 Å². The quantitative estimate of drug-likeness (QED) is 0.114. The minimum Gasteiger partial charge on any atom is -0.311 e. The van der Waals surface area contributed by atoms with Gasteiger partial charge in [-0.3, -0.25) is 0 Å². The maximum absolute atomic E-state index is 2.49. The lowest BCUT2D eigenvalue weighted by atomic mass is 9.70. The Morgan fingerprint density at radius 1 is 0.346 bits per heavy atom. The molecule has 2 aliphatic carbocycles. The maximum atomic E-state index is 2.49. The van der Waals surface area contributed by atoms with Gasteiger partial charge < -0.3 is 9.80 Å². The van der Waals surface area contributed by atoms with Crippen molar-refractivity contribution in [1.29, 1.82) is 0 Å². The summed E-state index contributed by atoms with van der Waals surface area (Å²) in [4.78, 5) is 4.81. The van der Waals surface area contributed by atoms with E-state index in [0.29, 0.717) is 5.92 Å². The fourth-order valence-electron chi connectivity index (χ4n) is 12.7. The molecule has 378 valence electrons. The molecule has 0 N–H and O–H groups in total. The molecule has 1 unspecified atom stereocenters. The third kappa shape index (κ3) is 8.35. The van der Waals surface area contributed by atoms with Crippen LogP contribution in [-0.4, -0.2) is 0 Å². The largest absolute Gasteiger partial charge is 0.311 e. The minimum atomic E-state index is -0.443. The number of rotatable bonds is 13. The van der Waals surface area contributed by atoms with Crippen LogP contribution in [0.3, 0.4) is 0 Å². The minimum absolute atomic E-state index is 0.443. The Hall–Kier alpha value is -8.98. The highest BCUT2D eigenvalue weighted by atomic mass is 15.1. The van der Waals surface area contributed by atoms with Crippen molar-refractivity contribution < 1.29 is 0 Å². The normalized spacial score (nSPS) is 12.9. The van der Waals surface area contributed by atoms with Crippen LogP contribution in [0.15, 0.2) is 255 Å². The van der Waals surface area contributed by atoms with Gasteiger partial charge in [0, 0.05) is 34.1 Å². The van der Waals surface area contributed by atoms with Gasteiger partial charge in [-0.1, -0.05) is 209 Å². The molecule has 0 radical (unpaired) electrons. The molecule has 0 aliphatic heterocycles. The Bertz CT molecular complexity index is 3900. The number of hydrogen-bond donors (Lipinski definition) is 0. The topological polar surface area (TPSA) is 6.48 Å². The van der Waals surface area contributed by atoms with Gasteiger partial charge in [0.2, 0.25) is 0 Å². The van der Waals surface area contributed by atoms with Gasteiger partial charge in [0.1, 0.15) is 0 Å². The van der Waals surface area contributed by atoms with Crippen LogP contribution in [0.4, 0.5) is 34.1 Å². The van der Waals surface area contributed by atoms with Gasteiger partial charge in [0.15, 0.2) is 0 Å². The van der Waals surface area contributed by atoms with E-state index < -0.39 is 5.41 Å². The average Bonchev–Trinajstić information content (AvgIpc) is 4.16. The molecule has 2 heteroatoms. The molecule has 1 spiro atoms. The highest BCUT2D eigenvalue weighted by Gasteiger charge is 2.51. The lowest BCUT2D eigenvalue weighted by Crippen LogP contribution is -2.26. The Labute approximate surface area is 461 Å². The van der Waals surface area contributed by atoms with Crippen molar-refractivity contribution in [3.63, 3.8) is 0 Å². The summed E-state index contributed by atoms with van der Waals surface area (Å²) in [7, 11) is 0. The first-order valence-electron chi connectivity index (χ1n) is 28.0. The van der Waals surface area contributed by atoms with Crippen LogP contribution in [0.1, 0.15) is 84.0 Å². The first-order chi connectivity index (χ1) is 38.3. The smallest absolute Gasteiger partial charge is 0.0726 e. The van der Waals surface area contributed by atoms with E-state index in [-0.39, 0.29) is 0 Å². The van der Waals surface area contributed by atoms with Gasteiger partial charge in [0.25, 0.3) is 0 Å². The summed E-state index contributed by atoms with van der Waals surface area (Å²) in [5.41, 5.74) is 29.4. The van der Waals surface area contributed by atoms with Crippen molar-refractivity contribution in [3.05, 3.63) is 299 Å². The lowest BCUT2D eigenvalue weighted by Gasteiger charge is -2.32. The van der Waals surface area contributed by atoms with Crippen molar-refractivity contribution >= 4 is 34.1 Å². The number of nitrogens with zero attached hydrogens (tertiary/aromatic N) is 2. The van der Waals surface area contributed by atoms with E-state index in [4.69, 9.17) is 0 Å². The van der Waals surface area contributed by atoms with Gasteiger partial charge >= 0.3 is 0 Å². The number of aryl methyl sites for hydroxylation is 3. The Balaban J connectivity index is 0.875. The van der Waals surface area contributed by atoms with Crippen LogP contribution in [0, 0.1) is 13.8 Å². The van der Waals surface area contributed by atoms with Gasteiger partial charge in [-0.25, -0.2) is 0 Å². The molecule has 1 atom stereocenters. The highest BCUT2D eigenvalue weighted by Crippen LogP contribution is 2.63. The SMILES string of the molecule is CCCc1ccc(-c2ccc(N(c3ccc(-c4cc(-c5ccc(N(c6ccc(C)cc6)c6ccc(C(C)CC)cc6)cc5)ccc4C)cc3)c3ccc4c(c3)C3(c5ccccc5-c5ccccc53)c3ccccc3-4)cc2)cc1. The number of fused-ring (bicyclic) bond motifs is 10. The molecule has 0 saturated heterocycles. The van der Waals surface area contributed by atoms with E-state index in [0.717, 1.165) is 53.4 Å². The Morgan fingerprint density at radius 3 is 1.24 bits per heavy atom. The second-order valence-electron chi connectivity index (χ2n) is 21.6. The molecule has 11 aromatic rings. The summed E-state index contributed by atoms with van der Waals surface area (Å²) in [6, 6.07) is 95.8. The molecule has 2 nitrogen and oxygen atoms in total. The zero-order chi connectivity index (χ0) is 52.9. The molecule has 0 bridgehead atoms. The molecule has 0 fully saturated rings. The summed E-state index contributed by atoms with van der Waals surface area (Å²) >= 11 is 0. The van der Waals surface area contributed by atoms with Gasteiger partial charge in [-0.2, -0.15) is 0 Å². The maximum Gasteiger partial charge on any atom is 0.0726 e. The average molecular weight is 1010 g/mol. The first-order valence-corrected chi connectivity index (χ1v) is 28.0. The summed E-state index contributed by atoms with van der Waals surface area (Å²) in [6.45, 7) is 11.2. The number of hydrogen-bond acceptors (Lipinski definition) is 2. The first kappa shape index (κ1) is 48.6. The van der Waals surface area contributed by atoms with E-state index in [1.54, 1.807) is 0 Å². The van der Waals surface area contributed by atoms with Crippen LogP contribution in [-0.2, 0) is 11.8 Å². The van der Waals surface area contributed by atoms with Gasteiger partial charge in [0.05, 0.1) is 5.41 Å². The zero-order valence-corrected chi connectivity index (χ0v) is 45.3. The summed E-state index contributed by atoms with van der Waals surface area (Å²) in [6.07, 6.45) is 3.36. The van der Waals surface area contributed by atoms with Crippen molar-refractivity contribution in [1.82, 2.24) is 0 Å². The number of benzene rings is 11. The van der Waals surface area contributed by atoms with E-state index in [1.165, 1.54) is 100 Å². The standard InChI is InChI=1S/C76H64N2/c1-6-14-54-24-27-56(28-25-54)57-31-41-64(42-32-57)78(66-47-48-70-69-17-10-13-20-74(69)76(75(70)50-66)72-18-11-8-15-67(72)68-16-9-12-19-73(68)76)65-45-35-59(36-46-65)71-49-60(26-23-53(71)5)58-33-43-63(44-34-58)77(61-37-21-51(3)22-38-61)62-39-29-55(30-40-62)52(4)7-2/h8-13,15-50,52H,6-7,14H2,1-5H3. The van der Waals surface area contributed by atoms with E-state index in [2.05, 4.69) is 299 Å². The highest BCUT2D eigenvalue weighted by molar-refractivity contribution is 5.96. The van der Waals surface area contributed by atoms with E-state index in [1.807, 2.05) is 0 Å². The van der Waals surface area contributed by atoms with Crippen LogP contribution in [0.5, 0.6) is 0 Å². The van der Waals surface area contributed by atoms with E-state index in [9.17, 15) is 0 Å². The second kappa shape index (κ2) is 20.2. The predicted octanol–water partition coefficient (Wildman–Crippen LogP) is 21.1. The number of anilines is 6. The predicted molar refractivity (Wildman–Crippen MR) is 331 cm³/mol. The Kier molecular flexibility index (Phi) is 12.6. The lowest BCUT2D eigenvalue weighted by molar-refractivity contribution is 0.733. The molecule has 0 aromatic heterocycles. The third-order valence-corrected chi connectivity index (χ3v) is 16.9. The van der Waals surface area contributed by atoms with Crippen LogP contribution < -0.4 is 9.80 Å². The molecule has 13 rings (SSSR count).